The van der Waals surface area contributed by atoms with E-state index in [1.54, 1.807) is 6.07 Å². The lowest BCUT2D eigenvalue weighted by molar-refractivity contribution is 0.0953. The summed E-state index contributed by atoms with van der Waals surface area (Å²) in [5.41, 5.74) is 2.23. The first-order valence-corrected chi connectivity index (χ1v) is 10.7. The highest BCUT2D eigenvalue weighted by Crippen LogP contribution is 2.48. The molecule has 3 N–H and O–H groups in total. The van der Waals surface area contributed by atoms with Crippen LogP contribution in [0.2, 0.25) is 0 Å². The largest absolute Gasteiger partial charge is 0.357 e. The number of hydrogen-bond acceptors (Lipinski definition) is 2. The smallest absolute Gasteiger partial charge is 0.251 e. The third-order valence-electron chi connectivity index (χ3n) is 5.38. The van der Waals surface area contributed by atoms with Crippen LogP contribution in [0.3, 0.4) is 0 Å². The van der Waals surface area contributed by atoms with Crippen LogP contribution in [-0.4, -0.2) is 31.5 Å². The van der Waals surface area contributed by atoms with Crippen LogP contribution in [0.5, 0.6) is 0 Å². The van der Waals surface area contributed by atoms with Gasteiger partial charge >= 0.3 is 0 Å². The molecule has 30 heavy (non-hydrogen) atoms. The van der Waals surface area contributed by atoms with Crippen LogP contribution < -0.4 is 16.0 Å². The number of nitrogens with one attached hydrogen (secondary N) is 3. The molecule has 0 aromatic heterocycles. The van der Waals surface area contributed by atoms with E-state index >= 15 is 0 Å². The molecule has 0 radical (unpaired) electrons. The first kappa shape index (κ1) is 21.8. The van der Waals surface area contributed by atoms with E-state index in [4.69, 9.17) is 0 Å². The molecule has 1 amide bonds. The predicted octanol–water partition coefficient (Wildman–Crippen LogP) is 3.75. The van der Waals surface area contributed by atoms with Gasteiger partial charge in [-0.05, 0) is 55.5 Å². The molecular formula is C24H31FN4O. The first-order chi connectivity index (χ1) is 14.6. The van der Waals surface area contributed by atoms with Crippen LogP contribution in [-0.2, 0) is 12.0 Å². The maximum absolute atomic E-state index is 14.2. The maximum atomic E-state index is 14.2. The van der Waals surface area contributed by atoms with Crippen molar-refractivity contribution in [3.8, 4) is 0 Å². The summed E-state index contributed by atoms with van der Waals surface area (Å²) >= 11 is 0. The van der Waals surface area contributed by atoms with Crippen molar-refractivity contribution in [2.75, 3.05) is 19.6 Å². The number of guanidine groups is 1. The van der Waals surface area contributed by atoms with E-state index in [9.17, 15) is 9.18 Å². The van der Waals surface area contributed by atoms with Gasteiger partial charge in [0.1, 0.15) is 5.82 Å². The van der Waals surface area contributed by atoms with Gasteiger partial charge in [-0.2, -0.15) is 0 Å². The van der Waals surface area contributed by atoms with Crippen molar-refractivity contribution in [3.05, 3.63) is 71.0 Å². The summed E-state index contributed by atoms with van der Waals surface area (Å²) in [5.74, 6) is 0.492. The summed E-state index contributed by atoms with van der Waals surface area (Å²) in [4.78, 5) is 16.8. The van der Waals surface area contributed by atoms with Gasteiger partial charge in [0, 0.05) is 30.6 Å². The number of carbonyl (C=O) groups excluding carboxylic acids is 1. The molecule has 0 spiro atoms. The molecule has 3 rings (SSSR count). The minimum absolute atomic E-state index is 0.0618. The maximum Gasteiger partial charge on any atom is 0.251 e. The molecule has 0 aliphatic heterocycles. The predicted molar refractivity (Wildman–Crippen MR) is 119 cm³/mol. The van der Waals surface area contributed by atoms with Gasteiger partial charge in [-0.1, -0.05) is 37.3 Å². The van der Waals surface area contributed by atoms with Crippen molar-refractivity contribution in [2.45, 2.75) is 45.1 Å². The molecule has 0 bridgehead atoms. The van der Waals surface area contributed by atoms with E-state index in [2.05, 4.69) is 20.9 Å². The second-order valence-corrected chi connectivity index (χ2v) is 7.77. The third kappa shape index (κ3) is 5.59. The fourth-order valence-electron chi connectivity index (χ4n) is 3.50. The summed E-state index contributed by atoms with van der Waals surface area (Å²) in [6.07, 6.45) is 2.84. The standard InChI is InChI=1S/C24H31FN4O/c1-3-14-27-22(30)19-9-7-8-18(15-19)16-28-23(26-4-2)29-17-24(12-13-24)20-10-5-6-11-21(20)25/h5-11,15H,3-4,12-14,16-17H2,1-2H3,(H,27,30)(H2,26,28,29). The number of nitrogens with zero attached hydrogens (tertiary/aromatic N) is 1. The lowest BCUT2D eigenvalue weighted by Crippen LogP contribution is -2.41. The van der Waals surface area contributed by atoms with Gasteiger partial charge in [0.15, 0.2) is 5.96 Å². The minimum Gasteiger partial charge on any atom is -0.357 e. The summed E-state index contributed by atoms with van der Waals surface area (Å²) in [7, 11) is 0. The van der Waals surface area contributed by atoms with Crippen LogP contribution in [0, 0.1) is 5.82 Å². The normalized spacial score (nSPS) is 14.8. The first-order valence-electron chi connectivity index (χ1n) is 10.7. The zero-order valence-electron chi connectivity index (χ0n) is 17.8. The molecule has 160 valence electrons. The van der Waals surface area contributed by atoms with Gasteiger partial charge in [0.25, 0.3) is 5.91 Å². The topological polar surface area (TPSA) is 65.5 Å². The number of rotatable bonds is 9. The fraction of sp³-hybridized carbons (Fsp3) is 0.417. The quantitative estimate of drug-likeness (QED) is 0.436. The Kier molecular flexibility index (Phi) is 7.44. The molecule has 6 heteroatoms. The van der Waals surface area contributed by atoms with Gasteiger partial charge < -0.3 is 16.0 Å². The van der Waals surface area contributed by atoms with Gasteiger partial charge in [-0.3, -0.25) is 4.79 Å². The average molecular weight is 411 g/mol. The van der Waals surface area contributed by atoms with Crippen molar-refractivity contribution in [2.24, 2.45) is 4.99 Å². The Bertz CT molecular complexity index is 892. The highest BCUT2D eigenvalue weighted by molar-refractivity contribution is 5.94. The van der Waals surface area contributed by atoms with Gasteiger partial charge in [-0.25, -0.2) is 9.38 Å². The molecule has 2 aromatic rings. The molecule has 1 fully saturated rings. The van der Waals surface area contributed by atoms with E-state index in [0.29, 0.717) is 31.2 Å². The van der Waals surface area contributed by atoms with Crippen LogP contribution in [0.4, 0.5) is 4.39 Å². The number of aliphatic imine (C=N–C) groups is 1. The van der Waals surface area contributed by atoms with Crippen LogP contribution >= 0.6 is 0 Å². The van der Waals surface area contributed by atoms with E-state index in [1.807, 2.05) is 50.2 Å². The Morgan fingerprint density at radius 2 is 1.87 bits per heavy atom. The Labute approximate surface area is 178 Å². The highest BCUT2D eigenvalue weighted by Gasteiger charge is 2.45. The highest BCUT2D eigenvalue weighted by atomic mass is 19.1. The van der Waals surface area contributed by atoms with Crippen LogP contribution in [0.25, 0.3) is 0 Å². The van der Waals surface area contributed by atoms with Crippen molar-refractivity contribution in [3.63, 3.8) is 0 Å². The van der Waals surface area contributed by atoms with Crippen molar-refractivity contribution in [1.82, 2.24) is 16.0 Å². The van der Waals surface area contributed by atoms with Crippen molar-refractivity contribution >= 4 is 11.9 Å². The lowest BCUT2D eigenvalue weighted by atomic mass is 9.95. The van der Waals surface area contributed by atoms with Gasteiger partial charge in [-0.15, -0.1) is 0 Å². The second-order valence-electron chi connectivity index (χ2n) is 7.77. The fourth-order valence-corrected chi connectivity index (χ4v) is 3.50. The number of benzene rings is 2. The molecule has 5 nitrogen and oxygen atoms in total. The Morgan fingerprint density at radius 3 is 2.57 bits per heavy atom. The molecule has 1 saturated carbocycles. The Hall–Kier alpha value is -2.89. The molecule has 1 aliphatic rings. The van der Waals surface area contributed by atoms with Crippen molar-refractivity contribution < 1.29 is 9.18 Å². The van der Waals surface area contributed by atoms with Gasteiger partial charge in [0.2, 0.25) is 0 Å². The zero-order chi connectivity index (χ0) is 21.4. The summed E-state index contributed by atoms with van der Waals surface area (Å²) in [5, 5.41) is 9.52. The summed E-state index contributed by atoms with van der Waals surface area (Å²) < 4.78 is 14.2. The number of hydrogen-bond donors (Lipinski definition) is 3. The van der Waals surface area contributed by atoms with Crippen LogP contribution in [0.1, 0.15) is 54.6 Å². The molecular weight excluding hydrogens is 379 g/mol. The monoisotopic (exact) mass is 410 g/mol. The summed E-state index contributed by atoms with van der Waals surface area (Å²) in [6, 6.07) is 14.6. The third-order valence-corrected chi connectivity index (χ3v) is 5.38. The van der Waals surface area contributed by atoms with E-state index in [-0.39, 0.29) is 17.1 Å². The number of halogens is 1. The minimum atomic E-state index is -0.154. The van der Waals surface area contributed by atoms with E-state index in [1.165, 1.54) is 6.07 Å². The molecule has 0 heterocycles. The summed E-state index contributed by atoms with van der Waals surface area (Å²) in [6.45, 7) is 6.53. The lowest BCUT2D eigenvalue weighted by Gasteiger charge is -2.19. The number of carbonyl (C=O) groups is 1. The zero-order valence-corrected chi connectivity index (χ0v) is 17.8. The SMILES string of the molecule is CCCNC(=O)c1cccc(CN=C(NCC)NCC2(c3ccccc3F)CC2)c1. The van der Waals surface area contributed by atoms with Crippen LogP contribution in [0.15, 0.2) is 53.5 Å². The second kappa shape index (κ2) is 10.2. The number of amides is 1. The van der Waals surface area contributed by atoms with E-state index < -0.39 is 0 Å². The Balaban J connectivity index is 1.64. The van der Waals surface area contributed by atoms with Crippen molar-refractivity contribution in [1.29, 1.82) is 0 Å². The molecule has 1 aliphatic carbocycles. The Morgan fingerprint density at radius 1 is 1.07 bits per heavy atom. The average Bonchev–Trinajstić information content (AvgIpc) is 3.55. The van der Waals surface area contributed by atoms with Gasteiger partial charge in [0.05, 0.1) is 6.54 Å². The van der Waals surface area contributed by atoms with E-state index in [0.717, 1.165) is 36.9 Å². The molecule has 0 unspecified atom stereocenters. The molecule has 0 saturated heterocycles. The molecule has 2 aromatic carbocycles. The molecule has 0 atom stereocenters.